The third-order valence-electron chi connectivity index (χ3n) is 2.90. The lowest BCUT2D eigenvalue weighted by Crippen LogP contribution is -2.02. The molecule has 1 aliphatic carbocycles. The van der Waals surface area contributed by atoms with E-state index in [1.165, 1.54) is 13.5 Å². The number of hydrogen-bond donors (Lipinski definition) is 0. The van der Waals surface area contributed by atoms with Crippen molar-refractivity contribution in [3.05, 3.63) is 29.7 Å². The number of benzene rings is 1. The molecule has 82 valence electrons. The first-order valence-electron chi connectivity index (χ1n) is 5.25. The summed E-state index contributed by atoms with van der Waals surface area (Å²) < 4.78 is 10.1. The number of carbonyl (C=O) groups is 1. The maximum absolute atomic E-state index is 11.5. The molecule has 0 amide bonds. The normalized spacial score (nSPS) is 15.3. The van der Waals surface area contributed by atoms with Gasteiger partial charge in [-0.1, -0.05) is 0 Å². The highest BCUT2D eigenvalue weighted by Gasteiger charge is 2.28. The molecule has 0 aliphatic heterocycles. The van der Waals surface area contributed by atoms with Gasteiger partial charge in [-0.2, -0.15) is 0 Å². The molecule has 1 aromatic carbocycles. The molecule has 0 radical (unpaired) electrons. The Morgan fingerprint density at radius 1 is 1.50 bits per heavy atom. The van der Waals surface area contributed by atoms with Crippen molar-refractivity contribution in [3.63, 3.8) is 0 Å². The monoisotopic (exact) mass is 217 g/mol. The van der Waals surface area contributed by atoms with Gasteiger partial charge in [-0.15, -0.1) is 0 Å². The number of nitrogens with zero attached hydrogens (tertiary/aromatic N) is 1. The number of ether oxygens (including phenoxy) is 1. The van der Waals surface area contributed by atoms with Crippen molar-refractivity contribution < 1.29 is 13.9 Å². The van der Waals surface area contributed by atoms with Gasteiger partial charge >= 0.3 is 5.97 Å². The van der Waals surface area contributed by atoms with E-state index in [4.69, 9.17) is 9.15 Å². The highest BCUT2D eigenvalue weighted by Crippen LogP contribution is 2.43. The van der Waals surface area contributed by atoms with Crippen LogP contribution in [0.25, 0.3) is 11.1 Å². The minimum Gasteiger partial charge on any atom is -0.465 e. The van der Waals surface area contributed by atoms with Crippen molar-refractivity contribution in [2.24, 2.45) is 0 Å². The summed E-state index contributed by atoms with van der Waals surface area (Å²) in [5, 5.41) is 0. The first kappa shape index (κ1) is 9.39. The summed E-state index contributed by atoms with van der Waals surface area (Å²) in [7, 11) is 1.38. The Labute approximate surface area is 92.2 Å². The number of carbonyl (C=O) groups excluding carboxylic acids is 1. The molecule has 4 nitrogen and oxygen atoms in total. The summed E-state index contributed by atoms with van der Waals surface area (Å²) in [5.41, 5.74) is 3.15. The van der Waals surface area contributed by atoms with E-state index in [0.717, 1.165) is 29.5 Å². The van der Waals surface area contributed by atoms with E-state index in [1.54, 1.807) is 6.07 Å². The quantitative estimate of drug-likeness (QED) is 0.725. The van der Waals surface area contributed by atoms with Crippen LogP contribution >= 0.6 is 0 Å². The van der Waals surface area contributed by atoms with Gasteiger partial charge in [-0.05, 0) is 30.9 Å². The Balaban J connectivity index is 2.20. The van der Waals surface area contributed by atoms with Crippen LogP contribution in [-0.4, -0.2) is 18.1 Å². The molecule has 16 heavy (non-hydrogen) atoms. The average Bonchev–Trinajstić information content (AvgIpc) is 3.04. The Kier molecular flexibility index (Phi) is 1.96. The smallest absolute Gasteiger partial charge is 0.337 e. The third-order valence-corrected chi connectivity index (χ3v) is 2.90. The zero-order valence-electron chi connectivity index (χ0n) is 8.90. The van der Waals surface area contributed by atoms with E-state index in [9.17, 15) is 4.79 Å². The predicted octanol–water partition coefficient (Wildman–Crippen LogP) is 2.49. The van der Waals surface area contributed by atoms with Gasteiger partial charge in [0.05, 0.1) is 12.7 Å². The molecule has 3 rings (SSSR count). The van der Waals surface area contributed by atoms with E-state index in [0.29, 0.717) is 11.5 Å². The highest BCUT2D eigenvalue weighted by molar-refractivity contribution is 5.94. The van der Waals surface area contributed by atoms with Crippen LogP contribution in [0.2, 0.25) is 0 Å². The van der Waals surface area contributed by atoms with Gasteiger partial charge in [0.25, 0.3) is 0 Å². The number of aromatic nitrogens is 1. The Hall–Kier alpha value is -1.84. The standard InChI is InChI=1S/C12H11NO3/c1-15-12(14)8-4-9(7-2-3-7)11-10(5-8)13-6-16-11/h4-7H,2-3H2,1H3. The van der Waals surface area contributed by atoms with E-state index in [1.807, 2.05) is 6.07 Å². The Morgan fingerprint density at radius 2 is 2.31 bits per heavy atom. The minimum absolute atomic E-state index is 0.327. The Morgan fingerprint density at radius 3 is 3.00 bits per heavy atom. The number of fused-ring (bicyclic) bond motifs is 1. The average molecular weight is 217 g/mol. The SMILES string of the molecule is COC(=O)c1cc(C2CC2)c2ocnc2c1. The first-order valence-corrected chi connectivity index (χ1v) is 5.25. The number of rotatable bonds is 2. The van der Waals surface area contributed by atoms with Crippen LogP contribution in [0.5, 0.6) is 0 Å². The first-order chi connectivity index (χ1) is 7.79. The van der Waals surface area contributed by atoms with Crippen molar-refractivity contribution >= 4 is 17.1 Å². The van der Waals surface area contributed by atoms with Crippen molar-refractivity contribution in [2.75, 3.05) is 7.11 Å². The second-order valence-corrected chi connectivity index (χ2v) is 4.03. The van der Waals surface area contributed by atoms with Gasteiger partial charge in [0.1, 0.15) is 5.52 Å². The van der Waals surface area contributed by atoms with Crippen LogP contribution in [0, 0.1) is 0 Å². The van der Waals surface area contributed by atoms with Gasteiger partial charge in [0.2, 0.25) is 0 Å². The van der Waals surface area contributed by atoms with Gasteiger partial charge in [0.15, 0.2) is 12.0 Å². The summed E-state index contributed by atoms with van der Waals surface area (Å²) in [6, 6.07) is 3.56. The fourth-order valence-electron chi connectivity index (χ4n) is 1.93. The molecule has 0 spiro atoms. The summed E-state index contributed by atoms with van der Waals surface area (Å²) in [5.74, 6) is 0.187. The predicted molar refractivity (Wildman–Crippen MR) is 57.3 cm³/mol. The molecule has 1 heterocycles. The molecule has 0 N–H and O–H groups in total. The summed E-state index contributed by atoms with van der Waals surface area (Å²) >= 11 is 0. The molecule has 4 heteroatoms. The van der Waals surface area contributed by atoms with Crippen LogP contribution in [0.15, 0.2) is 22.9 Å². The molecule has 0 unspecified atom stereocenters. The summed E-state index contributed by atoms with van der Waals surface area (Å²) in [4.78, 5) is 15.6. The molecule has 0 atom stereocenters. The summed E-state index contributed by atoms with van der Waals surface area (Å²) in [6.45, 7) is 0. The maximum atomic E-state index is 11.5. The van der Waals surface area contributed by atoms with Crippen molar-refractivity contribution in [2.45, 2.75) is 18.8 Å². The molecule has 2 aromatic rings. The second kappa shape index (κ2) is 3.33. The van der Waals surface area contributed by atoms with Crippen molar-refractivity contribution in [1.29, 1.82) is 0 Å². The highest BCUT2D eigenvalue weighted by atomic mass is 16.5. The minimum atomic E-state index is -0.327. The Bertz CT molecular complexity index is 554. The second-order valence-electron chi connectivity index (χ2n) is 4.03. The molecule has 0 bridgehead atoms. The van der Waals surface area contributed by atoms with Gasteiger partial charge in [-0.3, -0.25) is 0 Å². The molecule has 1 saturated carbocycles. The molecule has 1 fully saturated rings. The molecular weight excluding hydrogens is 206 g/mol. The van der Waals surface area contributed by atoms with Crippen LogP contribution in [0.1, 0.15) is 34.7 Å². The van der Waals surface area contributed by atoms with E-state index >= 15 is 0 Å². The van der Waals surface area contributed by atoms with Gasteiger partial charge in [0, 0.05) is 5.56 Å². The molecule has 1 aromatic heterocycles. The largest absolute Gasteiger partial charge is 0.465 e. The van der Waals surface area contributed by atoms with E-state index in [2.05, 4.69) is 4.98 Å². The maximum Gasteiger partial charge on any atom is 0.337 e. The molecular formula is C12H11NO3. The lowest BCUT2D eigenvalue weighted by Gasteiger charge is -2.03. The lowest BCUT2D eigenvalue weighted by atomic mass is 10.1. The van der Waals surface area contributed by atoms with E-state index < -0.39 is 0 Å². The van der Waals surface area contributed by atoms with Crippen LogP contribution in [0.4, 0.5) is 0 Å². The van der Waals surface area contributed by atoms with Crippen LogP contribution < -0.4 is 0 Å². The topological polar surface area (TPSA) is 52.3 Å². The summed E-state index contributed by atoms with van der Waals surface area (Å²) in [6.07, 6.45) is 3.72. The van der Waals surface area contributed by atoms with Crippen LogP contribution in [0.3, 0.4) is 0 Å². The fraction of sp³-hybridized carbons (Fsp3) is 0.333. The van der Waals surface area contributed by atoms with Crippen molar-refractivity contribution in [1.82, 2.24) is 4.98 Å². The van der Waals surface area contributed by atoms with Gasteiger partial charge in [-0.25, -0.2) is 9.78 Å². The number of methoxy groups -OCH3 is 1. The van der Waals surface area contributed by atoms with E-state index in [-0.39, 0.29) is 5.97 Å². The zero-order valence-corrected chi connectivity index (χ0v) is 8.90. The molecule has 1 aliphatic rings. The fourth-order valence-corrected chi connectivity index (χ4v) is 1.93. The number of esters is 1. The third kappa shape index (κ3) is 1.38. The van der Waals surface area contributed by atoms with Crippen molar-refractivity contribution in [3.8, 4) is 0 Å². The number of oxazole rings is 1. The van der Waals surface area contributed by atoms with Gasteiger partial charge < -0.3 is 9.15 Å². The molecule has 0 saturated heterocycles. The zero-order chi connectivity index (χ0) is 11.1. The van der Waals surface area contributed by atoms with Crippen LogP contribution in [-0.2, 0) is 4.74 Å². The number of hydrogen-bond acceptors (Lipinski definition) is 4. The lowest BCUT2D eigenvalue weighted by molar-refractivity contribution is 0.0601.